The molecule has 4 rings (SSSR count). The van der Waals surface area contributed by atoms with Gasteiger partial charge in [-0.2, -0.15) is 0 Å². The van der Waals surface area contributed by atoms with E-state index in [1.165, 1.54) is 10.5 Å². The minimum absolute atomic E-state index is 0.174. The topological polar surface area (TPSA) is 49.9 Å². The highest BCUT2D eigenvalue weighted by molar-refractivity contribution is 6.35. The van der Waals surface area contributed by atoms with Gasteiger partial charge in [0.2, 0.25) is 0 Å². The lowest BCUT2D eigenvalue weighted by Crippen LogP contribution is -2.41. The van der Waals surface area contributed by atoms with E-state index in [0.29, 0.717) is 17.2 Å². The number of carbonyl (C=O) groups is 2. The molecule has 0 spiro atoms. The summed E-state index contributed by atoms with van der Waals surface area (Å²) in [5.74, 6) is 0.945. The van der Waals surface area contributed by atoms with Crippen molar-refractivity contribution in [3.05, 3.63) is 71.4 Å². The van der Waals surface area contributed by atoms with Gasteiger partial charge >= 0.3 is 0 Å². The van der Waals surface area contributed by atoms with Crippen molar-refractivity contribution in [3.8, 4) is 5.75 Å². The maximum atomic E-state index is 13.3. The molecule has 0 unspecified atom stereocenters. The van der Waals surface area contributed by atoms with Gasteiger partial charge in [0, 0.05) is 19.1 Å². The number of imide groups is 1. The van der Waals surface area contributed by atoms with Crippen molar-refractivity contribution in [2.75, 3.05) is 20.2 Å². The van der Waals surface area contributed by atoms with Crippen molar-refractivity contribution < 1.29 is 14.3 Å². The standard InChI is InChI=1S/C26H30N2O3/c1-18(2)28-25(29)23(21-9-11-22(31-3)12-10-21)24(26(28)30)27-15-13-20(14-16-27)17-19-7-5-4-6-8-19/h4-12,18,20H,13-17H2,1-3H3. The Hall–Kier alpha value is -3.08. The molecule has 1 fully saturated rings. The summed E-state index contributed by atoms with van der Waals surface area (Å²) in [7, 11) is 1.62. The highest BCUT2D eigenvalue weighted by atomic mass is 16.5. The Balaban J connectivity index is 1.59. The van der Waals surface area contributed by atoms with Crippen LogP contribution in [0.3, 0.4) is 0 Å². The van der Waals surface area contributed by atoms with Crippen molar-refractivity contribution in [3.63, 3.8) is 0 Å². The molecule has 0 atom stereocenters. The lowest BCUT2D eigenvalue weighted by atomic mass is 9.89. The van der Waals surface area contributed by atoms with Crippen molar-refractivity contribution in [2.24, 2.45) is 5.92 Å². The molecule has 2 aromatic carbocycles. The monoisotopic (exact) mass is 418 g/mol. The Bertz CT molecular complexity index is 971. The van der Waals surface area contributed by atoms with E-state index in [2.05, 4.69) is 29.2 Å². The predicted octanol–water partition coefficient (Wildman–Crippen LogP) is 4.14. The number of likely N-dealkylation sites (tertiary alicyclic amines) is 1. The number of nitrogens with zero attached hydrogens (tertiary/aromatic N) is 2. The molecule has 5 nitrogen and oxygen atoms in total. The molecule has 5 heteroatoms. The van der Waals surface area contributed by atoms with Crippen LogP contribution in [0.15, 0.2) is 60.3 Å². The minimum atomic E-state index is -0.202. The highest BCUT2D eigenvalue weighted by Crippen LogP contribution is 2.35. The van der Waals surface area contributed by atoms with Crippen LogP contribution in [0.1, 0.15) is 37.8 Å². The average molecular weight is 419 g/mol. The molecule has 0 N–H and O–H groups in total. The molecule has 1 saturated heterocycles. The Labute approximate surface area is 184 Å². The molecule has 162 valence electrons. The maximum Gasteiger partial charge on any atom is 0.278 e. The van der Waals surface area contributed by atoms with Crippen molar-refractivity contribution in [2.45, 2.75) is 39.2 Å². The number of hydrogen-bond donors (Lipinski definition) is 0. The Kier molecular flexibility index (Phi) is 6.12. The van der Waals surface area contributed by atoms with E-state index in [1.807, 2.05) is 44.2 Å². The van der Waals surface area contributed by atoms with Crippen LogP contribution in [0.25, 0.3) is 5.57 Å². The molecule has 0 bridgehead atoms. The third-order valence-corrected chi connectivity index (χ3v) is 6.28. The zero-order chi connectivity index (χ0) is 22.0. The molecule has 0 aromatic heterocycles. The summed E-state index contributed by atoms with van der Waals surface area (Å²) < 4.78 is 5.25. The first kappa shape index (κ1) is 21.2. The van der Waals surface area contributed by atoms with Crippen molar-refractivity contribution >= 4 is 17.4 Å². The largest absolute Gasteiger partial charge is 0.497 e. The summed E-state index contributed by atoms with van der Waals surface area (Å²) in [4.78, 5) is 30.1. The summed E-state index contributed by atoms with van der Waals surface area (Å²) in [6, 6.07) is 17.8. The number of ether oxygens (including phenoxy) is 1. The molecule has 2 aliphatic rings. The molecule has 2 heterocycles. The Morgan fingerprint density at radius 2 is 1.58 bits per heavy atom. The van der Waals surface area contributed by atoms with E-state index in [-0.39, 0.29) is 17.9 Å². The highest BCUT2D eigenvalue weighted by Gasteiger charge is 2.43. The van der Waals surface area contributed by atoms with Gasteiger partial charge in [-0.3, -0.25) is 14.5 Å². The first-order chi connectivity index (χ1) is 15.0. The van der Waals surface area contributed by atoms with E-state index in [9.17, 15) is 9.59 Å². The Morgan fingerprint density at radius 3 is 2.16 bits per heavy atom. The van der Waals surface area contributed by atoms with Crippen LogP contribution in [0.2, 0.25) is 0 Å². The minimum Gasteiger partial charge on any atom is -0.497 e. The molecule has 2 amide bonds. The fourth-order valence-corrected chi connectivity index (χ4v) is 4.62. The number of rotatable bonds is 6. The lowest BCUT2D eigenvalue weighted by Gasteiger charge is -2.34. The quantitative estimate of drug-likeness (QED) is 0.662. The predicted molar refractivity (Wildman–Crippen MR) is 121 cm³/mol. The summed E-state index contributed by atoms with van der Waals surface area (Å²) >= 11 is 0. The van der Waals surface area contributed by atoms with Gasteiger partial charge in [0.15, 0.2) is 0 Å². The van der Waals surface area contributed by atoms with Gasteiger partial charge in [-0.25, -0.2) is 0 Å². The van der Waals surface area contributed by atoms with E-state index < -0.39 is 0 Å². The number of benzene rings is 2. The van der Waals surface area contributed by atoms with Crippen molar-refractivity contribution in [1.82, 2.24) is 9.80 Å². The van der Waals surface area contributed by atoms with Gasteiger partial charge < -0.3 is 9.64 Å². The van der Waals surface area contributed by atoms with Crippen LogP contribution in [-0.4, -0.2) is 47.9 Å². The first-order valence-corrected chi connectivity index (χ1v) is 11.0. The summed E-state index contributed by atoms with van der Waals surface area (Å²) in [5, 5.41) is 0. The number of piperidine rings is 1. The molecule has 31 heavy (non-hydrogen) atoms. The summed E-state index contributed by atoms with van der Waals surface area (Å²) in [6.07, 6.45) is 3.08. The van der Waals surface area contributed by atoms with Crippen LogP contribution in [0, 0.1) is 5.92 Å². The lowest BCUT2D eigenvalue weighted by molar-refractivity contribution is -0.139. The second kappa shape index (κ2) is 8.96. The van der Waals surface area contributed by atoms with Gasteiger partial charge in [0.25, 0.3) is 11.8 Å². The summed E-state index contributed by atoms with van der Waals surface area (Å²) in [5.41, 5.74) is 3.20. The van der Waals surface area contributed by atoms with Crippen molar-refractivity contribution in [1.29, 1.82) is 0 Å². The van der Waals surface area contributed by atoms with Crippen LogP contribution < -0.4 is 4.74 Å². The zero-order valence-electron chi connectivity index (χ0n) is 18.5. The van der Waals surface area contributed by atoms with Gasteiger partial charge in [-0.15, -0.1) is 0 Å². The smallest absolute Gasteiger partial charge is 0.278 e. The zero-order valence-corrected chi connectivity index (χ0v) is 18.5. The average Bonchev–Trinajstić information content (AvgIpc) is 3.05. The molecular formula is C26H30N2O3. The van der Waals surface area contributed by atoms with Gasteiger partial charge in [-0.1, -0.05) is 42.5 Å². The van der Waals surface area contributed by atoms with E-state index in [0.717, 1.165) is 43.7 Å². The molecular weight excluding hydrogens is 388 g/mol. The third-order valence-electron chi connectivity index (χ3n) is 6.28. The third kappa shape index (κ3) is 4.22. The van der Waals surface area contributed by atoms with Gasteiger partial charge in [-0.05, 0) is 62.3 Å². The number of hydrogen-bond acceptors (Lipinski definition) is 4. The number of amides is 2. The molecule has 0 saturated carbocycles. The van der Waals surface area contributed by atoms with E-state index in [4.69, 9.17) is 4.74 Å². The maximum absolute atomic E-state index is 13.3. The van der Waals surface area contributed by atoms with Crippen LogP contribution in [0.4, 0.5) is 0 Å². The second-order valence-corrected chi connectivity index (χ2v) is 8.65. The van der Waals surface area contributed by atoms with Crippen LogP contribution in [-0.2, 0) is 16.0 Å². The van der Waals surface area contributed by atoms with Gasteiger partial charge in [0.1, 0.15) is 11.4 Å². The van der Waals surface area contributed by atoms with E-state index >= 15 is 0 Å². The first-order valence-electron chi connectivity index (χ1n) is 11.0. The fourth-order valence-electron chi connectivity index (χ4n) is 4.62. The second-order valence-electron chi connectivity index (χ2n) is 8.65. The molecule has 0 radical (unpaired) electrons. The summed E-state index contributed by atoms with van der Waals surface area (Å²) in [6.45, 7) is 5.35. The number of carbonyl (C=O) groups excluding carboxylic acids is 2. The normalized spacial score (nSPS) is 17.8. The van der Waals surface area contributed by atoms with Crippen LogP contribution in [0.5, 0.6) is 5.75 Å². The molecule has 2 aromatic rings. The van der Waals surface area contributed by atoms with E-state index in [1.54, 1.807) is 7.11 Å². The molecule has 0 aliphatic carbocycles. The Morgan fingerprint density at radius 1 is 0.935 bits per heavy atom. The fraction of sp³-hybridized carbons (Fsp3) is 0.385. The van der Waals surface area contributed by atoms with Gasteiger partial charge in [0.05, 0.1) is 12.7 Å². The SMILES string of the molecule is COc1ccc(C2=C(N3CCC(Cc4ccccc4)CC3)C(=O)N(C(C)C)C2=O)cc1. The molecule has 2 aliphatic heterocycles. The van der Waals surface area contributed by atoms with Crippen LogP contribution >= 0.6 is 0 Å². The number of methoxy groups -OCH3 is 1.